The van der Waals surface area contributed by atoms with Crippen LogP contribution in [0.15, 0.2) is 23.7 Å². The summed E-state index contributed by atoms with van der Waals surface area (Å²) < 4.78 is 0. The molecule has 1 fully saturated rings. The largest absolute Gasteiger partial charge is 0.355 e. The molecule has 0 saturated heterocycles. The van der Waals surface area contributed by atoms with Gasteiger partial charge in [-0.2, -0.15) is 0 Å². The van der Waals surface area contributed by atoms with E-state index in [-0.39, 0.29) is 5.91 Å². The molecular formula is C17H21ClN4OS. The first-order valence-corrected chi connectivity index (χ1v) is 9.54. The monoisotopic (exact) mass is 364 g/mol. The Balaban J connectivity index is 1.46. The molecule has 0 bridgehead atoms. The number of carbonyl (C=O) groups is 1. The van der Waals surface area contributed by atoms with Gasteiger partial charge >= 0.3 is 0 Å². The Morgan fingerprint density at radius 3 is 2.88 bits per heavy atom. The molecule has 1 aliphatic carbocycles. The minimum Gasteiger partial charge on any atom is -0.355 e. The highest BCUT2D eigenvalue weighted by atomic mass is 35.5. The average Bonchev–Trinajstić information content (AvgIpc) is 3.03. The smallest absolute Gasteiger partial charge is 0.226 e. The Kier molecular flexibility index (Phi) is 6.04. The fourth-order valence-corrected chi connectivity index (χ4v) is 3.71. The fraction of sp³-hybridized carbons (Fsp3) is 0.471. The van der Waals surface area contributed by atoms with Crippen LogP contribution >= 0.6 is 22.9 Å². The third-order valence-corrected chi connectivity index (χ3v) is 5.20. The van der Waals surface area contributed by atoms with Gasteiger partial charge in [0.1, 0.15) is 5.82 Å². The molecule has 5 nitrogen and oxygen atoms in total. The number of carbonyl (C=O) groups excluding carboxylic acids is 1. The van der Waals surface area contributed by atoms with Gasteiger partial charge in [-0.3, -0.25) is 4.79 Å². The minimum atomic E-state index is 0.0436. The zero-order chi connectivity index (χ0) is 16.8. The Bertz CT molecular complexity index is 667. The van der Waals surface area contributed by atoms with Crippen molar-refractivity contribution in [1.82, 2.24) is 15.3 Å². The number of pyridine rings is 1. The fourth-order valence-electron chi connectivity index (χ4n) is 2.88. The number of anilines is 2. The molecule has 3 rings (SSSR count). The quantitative estimate of drug-likeness (QED) is 0.807. The van der Waals surface area contributed by atoms with Crippen molar-refractivity contribution in [3.05, 3.63) is 34.4 Å². The summed E-state index contributed by atoms with van der Waals surface area (Å²) in [5.41, 5.74) is 0.776. The number of hydrogen-bond donors (Lipinski definition) is 2. The normalized spacial score (nSPS) is 15.2. The Morgan fingerprint density at radius 2 is 2.12 bits per heavy atom. The molecular weight excluding hydrogens is 344 g/mol. The first-order chi connectivity index (χ1) is 11.7. The van der Waals surface area contributed by atoms with E-state index in [0.29, 0.717) is 23.2 Å². The molecule has 0 aliphatic heterocycles. The summed E-state index contributed by atoms with van der Waals surface area (Å²) in [5.74, 6) is 1.37. The second kappa shape index (κ2) is 8.44. The first kappa shape index (κ1) is 17.2. The highest BCUT2D eigenvalue weighted by Crippen LogP contribution is 2.23. The van der Waals surface area contributed by atoms with E-state index in [2.05, 4.69) is 20.6 Å². The lowest BCUT2D eigenvalue weighted by Crippen LogP contribution is -2.31. The van der Waals surface area contributed by atoms with Gasteiger partial charge in [-0.05, 0) is 30.9 Å². The van der Waals surface area contributed by atoms with Crippen LogP contribution < -0.4 is 10.6 Å². The topological polar surface area (TPSA) is 66.9 Å². The predicted molar refractivity (Wildman–Crippen MR) is 97.9 cm³/mol. The molecule has 0 unspecified atom stereocenters. The van der Waals surface area contributed by atoms with Crippen LogP contribution in [-0.4, -0.2) is 22.4 Å². The molecule has 0 spiro atoms. The third kappa shape index (κ3) is 5.18. The lowest BCUT2D eigenvalue weighted by atomic mass is 9.89. The molecule has 2 aromatic rings. The number of nitrogens with zero attached hydrogens (tertiary/aromatic N) is 2. The van der Waals surface area contributed by atoms with Crippen LogP contribution in [0.2, 0.25) is 5.02 Å². The van der Waals surface area contributed by atoms with Crippen molar-refractivity contribution in [1.29, 1.82) is 0 Å². The van der Waals surface area contributed by atoms with Crippen LogP contribution in [0, 0.1) is 5.92 Å². The van der Waals surface area contributed by atoms with Crippen molar-refractivity contribution in [3.63, 3.8) is 0 Å². The second-order valence-corrected chi connectivity index (χ2v) is 7.41. The zero-order valence-corrected chi connectivity index (χ0v) is 15.0. The Labute approximate surface area is 150 Å². The summed E-state index contributed by atoms with van der Waals surface area (Å²) in [6.07, 6.45) is 8.29. The van der Waals surface area contributed by atoms with Gasteiger partial charge in [-0.25, -0.2) is 9.97 Å². The molecule has 0 aromatic carbocycles. The van der Waals surface area contributed by atoms with Crippen LogP contribution in [0.5, 0.6) is 0 Å². The van der Waals surface area contributed by atoms with Crippen LogP contribution in [0.25, 0.3) is 0 Å². The molecule has 1 aliphatic rings. The second-order valence-electron chi connectivity index (χ2n) is 6.12. The van der Waals surface area contributed by atoms with Gasteiger partial charge in [-0.15, -0.1) is 11.3 Å². The molecule has 1 amide bonds. The molecule has 24 heavy (non-hydrogen) atoms. The van der Waals surface area contributed by atoms with Crippen LogP contribution in [-0.2, 0) is 11.2 Å². The van der Waals surface area contributed by atoms with Gasteiger partial charge < -0.3 is 10.6 Å². The van der Waals surface area contributed by atoms with Gasteiger partial charge in [0.25, 0.3) is 0 Å². The lowest BCUT2D eigenvalue weighted by Gasteiger charge is -2.21. The number of hydrogen-bond acceptors (Lipinski definition) is 5. The highest BCUT2D eigenvalue weighted by molar-refractivity contribution is 7.13. The molecule has 2 heterocycles. The maximum Gasteiger partial charge on any atom is 0.226 e. The van der Waals surface area contributed by atoms with E-state index in [4.69, 9.17) is 11.6 Å². The molecule has 0 radical (unpaired) electrons. The predicted octanol–water partition coefficient (Wildman–Crippen LogP) is 4.17. The van der Waals surface area contributed by atoms with Crippen LogP contribution in [0.3, 0.4) is 0 Å². The van der Waals surface area contributed by atoms with E-state index in [9.17, 15) is 4.79 Å². The van der Waals surface area contributed by atoms with Gasteiger partial charge in [0.05, 0.1) is 17.1 Å². The van der Waals surface area contributed by atoms with Gasteiger partial charge in [0.2, 0.25) is 5.91 Å². The van der Waals surface area contributed by atoms with Crippen molar-refractivity contribution in [2.24, 2.45) is 5.92 Å². The summed E-state index contributed by atoms with van der Waals surface area (Å²) in [7, 11) is 0. The number of rotatable bonds is 6. The van der Waals surface area contributed by atoms with E-state index in [1.165, 1.54) is 43.4 Å². The Morgan fingerprint density at radius 1 is 1.29 bits per heavy atom. The van der Waals surface area contributed by atoms with Crippen molar-refractivity contribution in [2.75, 3.05) is 11.9 Å². The molecule has 2 N–H and O–H groups in total. The van der Waals surface area contributed by atoms with E-state index in [1.54, 1.807) is 18.3 Å². The molecule has 1 saturated carbocycles. The molecule has 0 atom stereocenters. The molecule has 128 valence electrons. The number of amides is 1. The summed E-state index contributed by atoms with van der Waals surface area (Å²) in [6.45, 7) is 0.794. The Hall–Kier alpha value is -1.66. The summed E-state index contributed by atoms with van der Waals surface area (Å²) in [6, 6.07) is 3.56. The SMILES string of the molecule is O=C(Cc1csc(Nc2ccc(Cl)cn2)n1)NCC1CCCCC1. The summed E-state index contributed by atoms with van der Waals surface area (Å²) in [4.78, 5) is 20.7. The maximum atomic E-state index is 12.1. The lowest BCUT2D eigenvalue weighted by molar-refractivity contribution is -0.120. The average molecular weight is 365 g/mol. The molecule has 2 aromatic heterocycles. The van der Waals surface area contributed by atoms with Crippen molar-refractivity contribution in [2.45, 2.75) is 38.5 Å². The van der Waals surface area contributed by atoms with Gasteiger partial charge in [0, 0.05) is 18.1 Å². The van der Waals surface area contributed by atoms with E-state index in [0.717, 1.165) is 17.4 Å². The number of aromatic nitrogens is 2. The van der Waals surface area contributed by atoms with Crippen LogP contribution in [0.4, 0.5) is 10.9 Å². The van der Waals surface area contributed by atoms with Crippen molar-refractivity contribution >= 4 is 39.8 Å². The highest BCUT2D eigenvalue weighted by Gasteiger charge is 2.15. The third-order valence-electron chi connectivity index (χ3n) is 4.17. The van der Waals surface area contributed by atoms with E-state index in [1.807, 2.05) is 5.38 Å². The number of thiazole rings is 1. The first-order valence-electron chi connectivity index (χ1n) is 8.29. The van der Waals surface area contributed by atoms with Gasteiger partial charge in [-0.1, -0.05) is 30.9 Å². The van der Waals surface area contributed by atoms with Crippen LogP contribution in [0.1, 0.15) is 37.8 Å². The number of nitrogens with one attached hydrogen (secondary N) is 2. The number of halogens is 1. The summed E-state index contributed by atoms with van der Waals surface area (Å²) >= 11 is 7.28. The molecule has 7 heteroatoms. The standard InChI is InChI=1S/C17H21ClN4OS/c18-13-6-7-15(19-10-13)22-17-21-14(11-24-17)8-16(23)20-9-12-4-2-1-3-5-12/h6-7,10-12H,1-5,8-9H2,(H,20,23)(H,19,21,22). The van der Waals surface area contributed by atoms with Gasteiger partial charge in [0.15, 0.2) is 5.13 Å². The van der Waals surface area contributed by atoms with Crippen molar-refractivity contribution < 1.29 is 4.79 Å². The zero-order valence-electron chi connectivity index (χ0n) is 13.4. The van der Waals surface area contributed by atoms with E-state index >= 15 is 0 Å². The van der Waals surface area contributed by atoms with E-state index < -0.39 is 0 Å². The maximum absolute atomic E-state index is 12.1. The van der Waals surface area contributed by atoms with Crippen molar-refractivity contribution in [3.8, 4) is 0 Å². The summed E-state index contributed by atoms with van der Waals surface area (Å²) in [5, 5.41) is 9.37. The minimum absolute atomic E-state index is 0.0436.